The van der Waals surface area contributed by atoms with Crippen LogP contribution in [-0.2, 0) is 11.3 Å². The third-order valence-electron chi connectivity index (χ3n) is 6.04. The second-order valence-electron chi connectivity index (χ2n) is 8.34. The van der Waals surface area contributed by atoms with Crippen LogP contribution < -0.4 is 10.1 Å². The van der Waals surface area contributed by atoms with Crippen molar-refractivity contribution in [1.29, 1.82) is 0 Å². The monoisotopic (exact) mass is 418 g/mol. The Kier molecular flexibility index (Phi) is 6.42. The topological polar surface area (TPSA) is 54.7 Å². The maximum atomic E-state index is 12.7. The fourth-order valence-electron chi connectivity index (χ4n) is 4.25. The third kappa shape index (κ3) is 5.00. The molecule has 1 saturated heterocycles. The van der Waals surface area contributed by atoms with Gasteiger partial charge in [-0.3, -0.25) is 9.69 Å². The number of nitrogens with one attached hydrogen (secondary N) is 1. The van der Waals surface area contributed by atoms with Crippen LogP contribution in [0.5, 0.6) is 5.75 Å². The second-order valence-corrected chi connectivity index (χ2v) is 8.34. The average Bonchev–Trinajstić information content (AvgIpc) is 3.14. The molecule has 5 heteroatoms. The molecule has 0 saturated carbocycles. The number of amides is 1. The summed E-state index contributed by atoms with van der Waals surface area (Å²) in [5.41, 5.74) is 4.98. The summed E-state index contributed by atoms with van der Waals surface area (Å²) >= 11 is 0. The summed E-state index contributed by atoms with van der Waals surface area (Å²) in [5.74, 6) is 0.655. The molecule has 0 atom stereocenters. The van der Waals surface area contributed by atoms with Crippen LogP contribution in [0.25, 0.3) is 16.5 Å². The number of nitrogens with zero attached hydrogens (tertiary/aromatic N) is 1. The number of carbonyl (C=O) groups is 1. The maximum Gasteiger partial charge on any atom is 0.244 e. The molecular formula is C26H30N2O3. The molecule has 0 radical (unpaired) electrons. The van der Waals surface area contributed by atoms with Gasteiger partial charge >= 0.3 is 0 Å². The smallest absolute Gasteiger partial charge is 0.244 e. The number of methoxy groups -OCH3 is 1. The molecule has 1 aliphatic rings. The minimum atomic E-state index is -0.0509. The van der Waals surface area contributed by atoms with Gasteiger partial charge in [0.2, 0.25) is 5.91 Å². The van der Waals surface area contributed by atoms with E-state index in [9.17, 15) is 4.79 Å². The van der Waals surface area contributed by atoms with Gasteiger partial charge < -0.3 is 14.5 Å². The van der Waals surface area contributed by atoms with E-state index in [0.29, 0.717) is 5.75 Å². The summed E-state index contributed by atoms with van der Waals surface area (Å²) in [4.78, 5) is 15.1. The van der Waals surface area contributed by atoms with Gasteiger partial charge in [-0.05, 0) is 49.5 Å². The number of aryl methyl sites for hydroxylation is 1. The van der Waals surface area contributed by atoms with E-state index in [1.807, 2.05) is 32.0 Å². The first-order valence-electron chi connectivity index (χ1n) is 10.8. The van der Waals surface area contributed by atoms with Gasteiger partial charge in [-0.2, -0.15) is 0 Å². The highest BCUT2D eigenvalue weighted by atomic mass is 16.5. The minimum absolute atomic E-state index is 0.0509. The Morgan fingerprint density at radius 3 is 2.68 bits per heavy atom. The zero-order valence-corrected chi connectivity index (χ0v) is 18.5. The molecule has 31 heavy (non-hydrogen) atoms. The molecule has 0 aliphatic carbocycles. The second kappa shape index (κ2) is 9.40. The highest BCUT2D eigenvalue weighted by Gasteiger charge is 2.20. The van der Waals surface area contributed by atoms with Crippen molar-refractivity contribution in [3.63, 3.8) is 0 Å². The van der Waals surface area contributed by atoms with Gasteiger partial charge in [0.25, 0.3) is 0 Å². The summed E-state index contributed by atoms with van der Waals surface area (Å²) in [5, 5.41) is 4.22. The first kappa shape index (κ1) is 21.2. The molecule has 0 spiro atoms. The Balaban J connectivity index is 1.37. The van der Waals surface area contributed by atoms with Crippen LogP contribution in [0.4, 0.5) is 0 Å². The maximum absolute atomic E-state index is 12.7. The van der Waals surface area contributed by atoms with Crippen molar-refractivity contribution < 1.29 is 13.9 Å². The Bertz CT molecular complexity index is 1080. The van der Waals surface area contributed by atoms with Crippen LogP contribution in [0.15, 0.2) is 59.2 Å². The van der Waals surface area contributed by atoms with Crippen molar-refractivity contribution in [2.75, 3.05) is 20.2 Å². The van der Waals surface area contributed by atoms with E-state index in [-0.39, 0.29) is 11.9 Å². The van der Waals surface area contributed by atoms with Crippen molar-refractivity contribution >= 4 is 22.4 Å². The van der Waals surface area contributed by atoms with Gasteiger partial charge in [0.1, 0.15) is 11.3 Å². The normalized spacial score (nSPS) is 15.9. The summed E-state index contributed by atoms with van der Waals surface area (Å²) in [6, 6.07) is 14.7. The van der Waals surface area contributed by atoms with Gasteiger partial charge in [-0.1, -0.05) is 30.3 Å². The summed E-state index contributed by atoms with van der Waals surface area (Å²) in [6.45, 7) is 6.91. The molecule has 2 heterocycles. The van der Waals surface area contributed by atoms with E-state index < -0.39 is 0 Å². The molecule has 1 amide bonds. The lowest BCUT2D eigenvalue weighted by atomic mass is 10.0. The SMILES string of the molecule is COc1cc2occ(C)c2cc1/C(C)=C/C(=O)NC1CCN(Cc2ccccc2)CC1. The van der Waals surface area contributed by atoms with Gasteiger partial charge in [-0.15, -0.1) is 0 Å². The number of allylic oxidation sites excluding steroid dienone is 1. The number of benzene rings is 2. The van der Waals surface area contributed by atoms with E-state index in [0.717, 1.165) is 60.1 Å². The first-order valence-corrected chi connectivity index (χ1v) is 10.8. The van der Waals surface area contributed by atoms with Crippen molar-refractivity contribution in [2.24, 2.45) is 0 Å². The number of rotatable bonds is 6. The highest BCUT2D eigenvalue weighted by Crippen LogP contribution is 2.33. The fraction of sp³-hybridized carbons (Fsp3) is 0.346. The summed E-state index contributed by atoms with van der Waals surface area (Å²) in [7, 11) is 1.64. The zero-order chi connectivity index (χ0) is 21.8. The van der Waals surface area contributed by atoms with Crippen LogP contribution in [0.1, 0.15) is 36.5 Å². The van der Waals surface area contributed by atoms with E-state index >= 15 is 0 Å². The third-order valence-corrected chi connectivity index (χ3v) is 6.04. The Labute approximate surface area is 183 Å². The number of piperidine rings is 1. The predicted octanol–water partition coefficient (Wildman–Crippen LogP) is 4.93. The van der Waals surface area contributed by atoms with Crippen molar-refractivity contribution in [3.8, 4) is 5.75 Å². The van der Waals surface area contributed by atoms with Crippen LogP contribution >= 0.6 is 0 Å². The molecule has 1 aromatic heterocycles. The van der Waals surface area contributed by atoms with Gasteiger partial charge in [0.15, 0.2) is 0 Å². The largest absolute Gasteiger partial charge is 0.496 e. The van der Waals surface area contributed by atoms with Crippen molar-refractivity contribution in [2.45, 2.75) is 39.3 Å². The number of hydrogen-bond acceptors (Lipinski definition) is 4. The zero-order valence-electron chi connectivity index (χ0n) is 18.5. The van der Waals surface area contributed by atoms with Crippen LogP contribution in [-0.4, -0.2) is 37.0 Å². The predicted molar refractivity (Wildman–Crippen MR) is 124 cm³/mol. The highest BCUT2D eigenvalue weighted by molar-refractivity contribution is 5.97. The Morgan fingerprint density at radius 2 is 1.97 bits per heavy atom. The van der Waals surface area contributed by atoms with E-state index in [1.54, 1.807) is 19.4 Å². The van der Waals surface area contributed by atoms with Crippen LogP contribution in [0, 0.1) is 6.92 Å². The van der Waals surface area contributed by atoms with Gasteiger partial charge in [0.05, 0.1) is 13.4 Å². The van der Waals surface area contributed by atoms with E-state index in [1.165, 1.54) is 5.56 Å². The van der Waals surface area contributed by atoms with Crippen LogP contribution in [0.3, 0.4) is 0 Å². The molecular weight excluding hydrogens is 388 g/mol. The van der Waals surface area contributed by atoms with E-state index in [2.05, 4.69) is 34.5 Å². The number of fused-ring (bicyclic) bond motifs is 1. The molecule has 2 aromatic carbocycles. The molecule has 0 bridgehead atoms. The molecule has 1 N–H and O–H groups in total. The first-order chi connectivity index (χ1) is 15.0. The van der Waals surface area contributed by atoms with Gasteiger partial charge in [-0.25, -0.2) is 0 Å². The fourth-order valence-corrected chi connectivity index (χ4v) is 4.25. The number of ether oxygens (including phenoxy) is 1. The Morgan fingerprint density at radius 1 is 1.23 bits per heavy atom. The molecule has 1 aliphatic heterocycles. The number of furan rings is 1. The van der Waals surface area contributed by atoms with Crippen molar-refractivity contribution in [3.05, 3.63) is 71.5 Å². The standard InChI is InChI=1S/C26H30N2O3/c1-18(22-14-23-19(2)17-31-25(23)15-24(22)30-3)13-26(29)27-21-9-11-28(12-10-21)16-20-7-5-4-6-8-20/h4-8,13-15,17,21H,9-12,16H2,1-3H3,(H,27,29)/b18-13+. The van der Waals surface area contributed by atoms with Gasteiger partial charge in [0, 0.05) is 48.8 Å². The van der Waals surface area contributed by atoms with Crippen LogP contribution in [0.2, 0.25) is 0 Å². The van der Waals surface area contributed by atoms with Crippen molar-refractivity contribution in [1.82, 2.24) is 10.2 Å². The molecule has 0 unspecified atom stereocenters. The lowest BCUT2D eigenvalue weighted by molar-refractivity contribution is -0.117. The minimum Gasteiger partial charge on any atom is -0.496 e. The summed E-state index contributed by atoms with van der Waals surface area (Å²) in [6.07, 6.45) is 5.35. The molecule has 1 fully saturated rings. The summed E-state index contributed by atoms with van der Waals surface area (Å²) < 4.78 is 11.1. The molecule has 162 valence electrons. The molecule has 3 aromatic rings. The quantitative estimate of drug-likeness (QED) is 0.577. The number of hydrogen-bond donors (Lipinski definition) is 1. The number of likely N-dealkylation sites (tertiary alicyclic amines) is 1. The number of carbonyl (C=O) groups excluding carboxylic acids is 1. The molecule has 5 nitrogen and oxygen atoms in total. The average molecular weight is 419 g/mol. The lowest BCUT2D eigenvalue weighted by Crippen LogP contribution is -2.43. The van der Waals surface area contributed by atoms with E-state index in [4.69, 9.17) is 9.15 Å². The lowest BCUT2D eigenvalue weighted by Gasteiger charge is -2.32. The Hall–Kier alpha value is -3.05. The molecule has 4 rings (SSSR count).